The van der Waals surface area contributed by atoms with Gasteiger partial charge in [-0.3, -0.25) is 4.79 Å². The molecule has 1 aromatic heterocycles. The molecule has 0 spiro atoms. The van der Waals surface area contributed by atoms with E-state index in [4.69, 9.17) is 9.15 Å². The second-order valence-corrected chi connectivity index (χ2v) is 6.78. The molecule has 30 heavy (non-hydrogen) atoms. The van der Waals surface area contributed by atoms with Gasteiger partial charge in [0.2, 0.25) is 5.89 Å². The molecule has 0 saturated heterocycles. The molecule has 0 unspecified atom stereocenters. The quantitative estimate of drug-likeness (QED) is 0.579. The van der Waals surface area contributed by atoms with Gasteiger partial charge < -0.3 is 14.1 Å². The van der Waals surface area contributed by atoms with Crippen molar-refractivity contribution in [2.24, 2.45) is 0 Å². The summed E-state index contributed by atoms with van der Waals surface area (Å²) in [6, 6.07) is 9.83. The second kappa shape index (κ2) is 7.81. The van der Waals surface area contributed by atoms with Crippen LogP contribution < -0.4 is 4.74 Å². The molecule has 1 amide bonds. The minimum absolute atomic E-state index is 0.0501. The number of nitrogens with zero attached hydrogens (tertiary/aromatic N) is 2. The second-order valence-electron chi connectivity index (χ2n) is 6.78. The fourth-order valence-corrected chi connectivity index (χ4v) is 3.17. The van der Waals surface area contributed by atoms with E-state index in [1.54, 1.807) is 4.90 Å². The zero-order chi connectivity index (χ0) is 21.3. The Bertz CT molecular complexity index is 1060. The normalized spacial score (nSPS) is 13.8. The minimum Gasteiger partial charge on any atom is -0.484 e. The summed E-state index contributed by atoms with van der Waals surface area (Å²) in [7, 11) is 0. The highest BCUT2D eigenvalue weighted by Gasteiger charge is 2.31. The predicted octanol–water partition coefficient (Wildman–Crippen LogP) is 4.61. The van der Waals surface area contributed by atoms with Crippen molar-refractivity contribution in [1.29, 1.82) is 0 Å². The van der Waals surface area contributed by atoms with Crippen molar-refractivity contribution >= 4 is 5.91 Å². The third-order valence-corrected chi connectivity index (χ3v) is 4.68. The van der Waals surface area contributed by atoms with Crippen molar-refractivity contribution in [2.75, 3.05) is 6.54 Å². The lowest BCUT2D eigenvalue weighted by Crippen LogP contribution is -2.35. The number of hydrogen-bond donors (Lipinski definition) is 0. The topological polar surface area (TPSA) is 55.6 Å². The van der Waals surface area contributed by atoms with Gasteiger partial charge in [-0.05, 0) is 42.5 Å². The summed E-state index contributed by atoms with van der Waals surface area (Å²) in [6.45, 7) is 0.478. The first-order chi connectivity index (χ1) is 14.3. The molecule has 2 aromatic carbocycles. The third kappa shape index (κ3) is 4.29. The van der Waals surface area contributed by atoms with Crippen LogP contribution in [0, 0.1) is 5.82 Å². The van der Waals surface area contributed by atoms with Crippen LogP contribution in [0.3, 0.4) is 0 Å². The van der Waals surface area contributed by atoms with Gasteiger partial charge in [0.1, 0.15) is 17.3 Å². The van der Waals surface area contributed by atoms with Gasteiger partial charge in [-0.15, -0.1) is 0 Å². The van der Waals surface area contributed by atoms with Crippen molar-refractivity contribution in [1.82, 2.24) is 9.88 Å². The summed E-state index contributed by atoms with van der Waals surface area (Å²) < 4.78 is 62.5. The Kier molecular flexibility index (Phi) is 5.19. The number of halogens is 4. The largest absolute Gasteiger partial charge is 0.484 e. The summed E-state index contributed by atoms with van der Waals surface area (Å²) in [5.41, 5.74) is 0.245. The molecule has 1 aliphatic heterocycles. The smallest absolute Gasteiger partial charge is 0.416 e. The molecular weight excluding hydrogens is 404 g/mol. The van der Waals surface area contributed by atoms with E-state index in [1.165, 1.54) is 36.4 Å². The summed E-state index contributed by atoms with van der Waals surface area (Å²) in [5.74, 6) is 0.0916. The van der Waals surface area contributed by atoms with Gasteiger partial charge in [0, 0.05) is 18.5 Å². The van der Waals surface area contributed by atoms with Gasteiger partial charge in [0.15, 0.2) is 6.61 Å². The standard InChI is InChI=1S/C21H16F4N2O3/c22-15-6-4-13(5-7-15)20(28)27-9-8-17-18(11-27)30-19(26-17)12-29-16-3-1-2-14(10-16)21(23,24)25/h1-7,10H,8-9,11-12H2. The first kappa shape index (κ1) is 19.9. The molecule has 0 N–H and O–H groups in total. The van der Waals surface area contributed by atoms with Gasteiger partial charge in [-0.2, -0.15) is 13.2 Å². The van der Waals surface area contributed by atoms with E-state index in [1.807, 2.05) is 0 Å². The van der Waals surface area contributed by atoms with Crippen LogP contribution >= 0.6 is 0 Å². The first-order valence-corrected chi connectivity index (χ1v) is 9.12. The highest BCUT2D eigenvalue weighted by Crippen LogP contribution is 2.31. The van der Waals surface area contributed by atoms with Crippen molar-refractivity contribution in [3.8, 4) is 5.75 Å². The molecule has 5 nitrogen and oxygen atoms in total. The van der Waals surface area contributed by atoms with Crippen LogP contribution in [0.15, 0.2) is 52.9 Å². The molecule has 0 atom stereocenters. The van der Waals surface area contributed by atoms with Crippen LogP contribution in [0.25, 0.3) is 0 Å². The molecule has 3 aromatic rings. The van der Waals surface area contributed by atoms with Gasteiger partial charge in [-0.25, -0.2) is 9.37 Å². The predicted molar refractivity (Wildman–Crippen MR) is 97.1 cm³/mol. The van der Waals surface area contributed by atoms with Crippen molar-refractivity contribution in [3.63, 3.8) is 0 Å². The first-order valence-electron chi connectivity index (χ1n) is 9.12. The Hall–Kier alpha value is -3.36. The third-order valence-electron chi connectivity index (χ3n) is 4.68. The summed E-state index contributed by atoms with van der Waals surface area (Å²) in [5, 5.41) is 0. The average molecular weight is 420 g/mol. The number of aromatic nitrogens is 1. The number of benzene rings is 2. The van der Waals surface area contributed by atoms with Crippen LogP contribution in [0.1, 0.15) is 33.3 Å². The van der Waals surface area contributed by atoms with Gasteiger partial charge >= 0.3 is 6.18 Å². The highest BCUT2D eigenvalue weighted by molar-refractivity contribution is 5.94. The van der Waals surface area contributed by atoms with Gasteiger partial charge in [-0.1, -0.05) is 6.07 Å². The number of carbonyl (C=O) groups excluding carboxylic acids is 1. The van der Waals surface area contributed by atoms with Crippen LogP contribution in [0.4, 0.5) is 17.6 Å². The molecule has 0 aliphatic carbocycles. The average Bonchev–Trinajstić information content (AvgIpc) is 3.14. The Morgan fingerprint density at radius 2 is 1.93 bits per heavy atom. The maximum absolute atomic E-state index is 13.1. The monoisotopic (exact) mass is 420 g/mol. The zero-order valence-corrected chi connectivity index (χ0v) is 15.6. The lowest BCUT2D eigenvalue weighted by Gasteiger charge is -2.25. The molecule has 2 heterocycles. The fraction of sp³-hybridized carbons (Fsp3) is 0.238. The SMILES string of the molecule is O=C(c1ccc(F)cc1)N1CCc2nc(COc3cccc(C(F)(F)F)c3)oc2C1. The molecule has 0 bridgehead atoms. The van der Waals surface area contributed by atoms with Crippen LogP contribution in [-0.4, -0.2) is 22.3 Å². The van der Waals surface area contributed by atoms with Crippen molar-refractivity contribution in [2.45, 2.75) is 25.7 Å². The maximum atomic E-state index is 13.1. The fourth-order valence-electron chi connectivity index (χ4n) is 3.17. The number of fused-ring (bicyclic) bond motifs is 1. The lowest BCUT2D eigenvalue weighted by atomic mass is 10.1. The Morgan fingerprint density at radius 1 is 1.17 bits per heavy atom. The van der Waals surface area contributed by atoms with Crippen LogP contribution in [-0.2, 0) is 25.7 Å². The summed E-state index contributed by atoms with van der Waals surface area (Å²) in [4.78, 5) is 18.5. The number of alkyl halides is 3. The molecule has 0 radical (unpaired) electrons. The van der Waals surface area contributed by atoms with E-state index < -0.39 is 17.6 Å². The van der Waals surface area contributed by atoms with E-state index >= 15 is 0 Å². The Morgan fingerprint density at radius 3 is 2.67 bits per heavy atom. The minimum atomic E-state index is -4.46. The maximum Gasteiger partial charge on any atom is 0.416 e. The van der Waals surface area contributed by atoms with Crippen molar-refractivity contribution < 1.29 is 31.5 Å². The molecule has 0 saturated carbocycles. The van der Waals surface area contributed by atoms with Gasteiger partial charge in [0.05, 0.1) is 17.8 Å². The number of amides is 1. The Balaban J connectivity index is 1.41. The number of hydrogen-bond acceptors (Lipinski definition) is 4. The molecule has 1 aliphatic rings. The summed E-state index contributed by atoms with van der Waals surface area (Å²) >= 11 is 0. The Labute approximate surface area is 168 Å². The van der Waals surface area contributed by atoms with E-state index in [9.17, 15) is 22.4 Å². The highest BCUT2D eigenvalue weighted by atomic mass is 19.4. The number of oxazole rings is 1. The molecule has 156 valence electrons. The molecule has 9 heteroatoms. The van der Waals surface area contributed by atoms with E-state index in [2.05, 4.69) is 4.98 Å². The van der Waals surface area contributed by atoms with E-state index in [-0.39, 0.29) is 30.7 Å². The van der Waals surface area contributed by atoms with E-state index in [0.29, 0.717) is 30.0 Å². The number of carbonyl (C=O) groups is 1. The lowest BCUT2D eigenvalue weighted by molar-refractivity contribution is -0.137. The summed E-state index contributed by atoms with van der Waals surface area (Å²) in [6.07, 6.45) is -3.99. The molecule has 0 fully saturated rings. The number of rotatable bonds is 4. The van der Waals surface area contributed by atoms with E-state index in [0.717, 1.165) is 12.1 Å². The van der Waals surface area contributed by atoms with Crippen LogP contribution in [0.2, 0.25) is 0 Å². The van der Waals surface area contributed by atoms with Crippen LogP contribution in [0.5, 0.6) is 5.75 Å². The van der Waals surface area contributed by atoms with Gasteiger partial charge in [0.25, 0.3) is 5.91 Å². The van der Waals surface area contributed by atoms with Crippen molar-refractivity contribution in [3.05, 3.63) is 82.8 Å². The number of ether oxygens (including phenoxy) is 1. The molecular formula is C21H16F4N2O3. The zero-order valence-electron chi connectivity index (χ0n) is 15.6. The molecule has 4 rings (SSSR count).